The van der Waals surface area contributed by atoms with Gasteiger partial charge >= 0.3 is 0 Å². The Morgan fingerprint density at radius 2 is 1.92 bits per heavy atom. The van der Waals surface area contributed by atoms with E-state index in [9.17, 15) is 0 Å². The van der Waals surface area contributed by atoms with Crippen molar-refractivity contribution in [2.75, 3.05) is 27.4 Å². The summed E-state index contributed by atoms with van der Waals surface area (Å²) in [6.45, 7) is 2.87. The molecule has 1 aromatic heterocycles. The Kier molecular flexibility index (Phi) is 7.82. The van der Waals surface area contributed by atoms with E-state index in [-0.39, 0.29) is 0 Å². The van der Waals surface area contributed by atoms with Gasteiger partial charge in [0.15, 0.2) is 11.5 Å². The summed E-state index contributed by atoms with van der Waals surface area (Å²) in [5.41, 5.74) is 2.09. The molecular formula is C18H23ClN2O3. The Morgan fingerprint density at radius 3 is 2.62 bits per heavy atom. The van der Waals surface area contributed by atoms with Gasteiger partial charge in [-0.05, 0) is 36.7 Å². The minimum Gasteiger partial charge on any atom is -0.493 e. The Labute approximate surface area is 147 Å². The number of pyridine rings is 1. The lowest BCUT2D eigenvalue weighted by Crippen LogP contribution is -2.16. The molecule has 0 bridgehead atoms. The first-order valence-electron chi connectivity index (χ1n) is 7.82. The van der Waals surface area contributed by atoms with Crippen molar-refractivity contribution in [3.8, 4) is 11.5 Å². The molecule has 0 aliphatic heterocycles. The molecule has 2 aromatic rings. The zero-order valence-electron chi connectivity index (χ0n) is 14.0. The number of nitrogens with zero attached hydrogens (tertiary/aromatic N) is 1. The average Bonchev–Trinajstić information content (AvgIpc) is 2.61. The molecule has 0 fully saturated rings. The van der Waals surface area contributed by atoms with E-state index in [0.717, 1.165) is 37.2 Å². The van der Waals surface area contributed by atoms with Crippen molar-refractivity contribution < 1.29 is 14.2 Å². The third-order valence-electron chi connectivity index (χ3n) is 3.44. The molecule has 0 unspecified atom stereocenters. The summed E-state index contributed by atoms with van der Waals surface area (Å²) >= 11 is 5.78. The summed E-state index contributed by atoms with van der Waals surface area (Å²) < 4.78 is 16.3. The first-order valence-corrected chi connectivity index (χ1v) is 8.20. The number of methoxy groups -OCH3 is 2. The molecule has 130 valence electrons. The molecule has 0 amide bonds. The summed E-state index contributed by atoms with van der Waals surface area (Å²) in [5, 5.41) is 3.84. The molecule has 0 radical (unpaired) electrons. The predicted molar refractivity (Wildman–Crippen MR) is 94.8 cm³/mol. The Hall–Kier alpha value is -1.82. The molecule has 1 heterocycles. The van der Waals surface area contributed by atoms with Crippen LogP contribution in [0.1, 0.15) is 17.5 Å². The molecule has 6 heteroatoms. The monoisotopic (exact) mass is 350 g/mol. The highest BCUT2D eigenvalue weighted by atomic mass is 35.5. The average molecular weight is 351 g/mol. The summed E-state index contributed by atoms with van der Waals surface area (Å²) in [6.07, 6.45) is 2.69. The first-order chi connectivity index (χ1) is 11.7. The zero-order valence-corrected chi connectivity index (χ0v) is 14.8. The van der Waals surface area contributed by atoms with Crippen LogP contribution < -0.4 is 14.8 Å². The molecule has 0 saturated heterocycles. The van der Waals surface area contributed by atoms with Gasteiger partial charge in [0, 0.05) is 32.0 Å². The van der Waals surface area contributed by atoms with Crippen molar-refractivity contribution >= 4 is 11.6 Å². The van der Waals surface area contributed by atoms with E-state index in [1.807, 2.05) is 24.3 Å². The number of rotatable bonds is 10. The van der Waals surface area contributed by atoms with Crippen LogP contribution in [-0.2, 0) is 17.9 Å². The van der Waals surface area contributed by atoms with Crippen molar-refractivity contribution in [1.82, 2.24) is 10.3 Å². The summed E-state index contributed by atoms with van der Waals surface area (Å²) in [4.78, 5) is 4.04. The highest BCUT2D eigenvalue weighted by Crippen LogP contribution is 2.28. The van der Waals surface area contributed by atoms with Crippen molar-refractivity contribution in [1.29, 1.82) is 0 Å². The second-order valence-electron chi connectivity index (χ2n) is 5.29. The van der Waals surface area contributed by atoms with Crippen LogP contribution in [0.25, 0.3) is 0 Å². The molecule has 0 aliphatic carbocycles. The Bertz CT molecular complexity index is 620. The second kappa shape index (κ2) is 10.1. The second-order valence-corrected chi connectivity index (χ2v) is 5.67. The normalized spacial score (nSPS) is 10.6. The lowest BCUT2D eigenvalue weighted by molar-refractivity contribution is 0.194. The van der Waals surface area contributed by atoms with Crippen molar-refractivity contribution in [2.24, 2.45) is 0 Å². The highest BCUT2D eigenvalue weighted by molar-refractivity contribution is 6.29. The van der Waals surface area contributed by atoms with Crippen molar-refractivity contribution in [3.63, 3.8) is 0 Å². The topological polar surface area (TPSA) is 52.6 Å². The molecule has 5 nitrogen and oxygen atoms in total. The van der Waals surface area contributed by atoms with Gasteiger partial charge in [-0.3, -0.25) is 0 Å². The molecule has 0 aliphatic rings. The Morgan fingerprint density at radius 1 is 1.08 bits per heavy atom. The van der Waals surface area contributed by atoms with Gasteiger partial charge < -0.3 is 19.5 Å². The quantitative estimate of drug-likeness (QED) is 0.525. The minimum atomic E-state index is 0.412. The van der Waals surface area contributed by atoms with Crippen LogP contribution in [0.15, 0.2) is 36.5 Å². The number of halogens is 1. The molecule has 0 spiro atoms. The van der Waals surface area contributed by atoms with E-state index in [1.165, 1.54) is 0 Å². The number of aromatic nitrogens is 1. The van der Waals surface area contributed by atoms with Gasteiger partial charge in [0.05, 0.1) is 7.11 Å². The van der Waals surface area contributed by atoms with Gasteiger partial charge in [0.25, 0.3) is 0 Å². The number of hydrogen-bond donors (Lipinski definition) is 1. The van der Waals surface area contributed by atoms with Crippen LogP contribution in [0.3, 0.4) is 0 Å². The maximum atomic E-state index is 5.82. The van der Waals surface area contributed by atoms with Crippen LogP contribution in [0.4, 0.5) is 0 Å². The van der Waals surface area contributed by atoms with Crippen molar-refractivity contribution in [2.45, 2.75) is 19.6 Å². The summed E-state index contributed by atoms with van der Waals surface area (Å²) in [5.74, 6) is 1.42. The lowest BCUT2D eigenvalue weighted by Gasteiger charge is -2.13. The molecule has 2 rings (SSSR count). The number of benzene rings is 1. The third-order valence-corrected chi connectivity index (χ3v) is 3.67. The van der Waals surface area contributed by atoms with Crippen LogP contribution in [0, 0.1) is 0 Å². The zero-order chi connectivity index (χ0) is 17.2. The van der Waals surface area contributed by atoms with Crippen molar-refractivity contribution in [3.05, 3.63) is 52.8 Å². The molecule has 1 N–H and O–H groups in total. The lowest BCUT2D eigenvalue weighted by atomic mass is 10.2. The minimum absolute atomic E-state index is 0.412. The van der Waals surface area contributed by atoms with Gasteiger partial charge in [-0.15, -0.1) is 0 Å². The van der Waals surface area contributed by atoms with Crippen LogP contribution in [0.2, 0.25) is 5.15 Å². The molecular weight excluding hydrogens is 328 g/mol. The predicted octanol–water partition coefficient (Wildman–Crippen LogP) is 3.45. The molecule has 0 atom stereocenters. The van der Waals surface area contributed by atoms with Crippen LogP contribution in [0.5, 0.6) is 11.5 Å². The Balaban J connectivity index is 1.89. The van der Waals surface area contributed by atoms with Gasteiger partial charge in [0.1, 0.15) is 11.8 Å². The molecule has 0 saturated carbocycles. The fourth-order valence-corrected chi connectivity index (χ4v) is 2.28. The maximum absolute atomic E-state index is 5.82. The van der Waals surface area contributed by atoms with E-state index in [1.54, 1.807) is 26.5 Å². The third kappa shape index (κ3) is 6.00. The SMILES string of the molecule is COCCCNCc1ccc(OCc2ccc(Cl)nc2)c(OC)c1. The number of nitrogens with one attached hydrogen (secondary N) is 1. The van der Waals surface area contributed by atoms with E-state index in [2.05, 4.69) is 10.3 Å². The van der Waals surface area contributed by atoms with Gasteiger partial charge in [-0.1, -0.05) is 23.7 Å². The van der Waals surface area contributed by atoms with E-state index in [0.29, 0.717) is 23.3 Å². The maximum Gasteiger partial charge on any atom is 0.161 e. The fourth-order valence-electron chi connectivity index (χ4n) is 2.17. The number of hydrogen-bond acceptors (Lipinski definition) is 5. The standard InChI is InChI=1S/C18H23ClN2O3/c1-22-9-3-8-20-11-14-4-6-16(17(10-14)23-2)24-13-15-5-7-18(19)21-12-15/h4-7,10,12,20H,3,8-9,11,13H2,1-2H3. The molecule has 24 heavy (non-hydrogen) atoms. The molecule has 1 aromatic carbocycles. The summed E-state index contributed by atoms with van der Waals surface area (Å²) in [7, 11) is 3.35. The van der Waals surface area contributed by atoms with E-state index < -0.39 is 0 Å². The van der Waals surface area contributed by atoms with Crippen LogP contribution in [-0.4, -0.2) is 32.4 Å². The van der Waals surface area contributed by atoms with Crippen LogP contribution >= 0.6 is 11.6 Å². The fraction of sp³-hybridized carbons (Fsp3) is 0.389. The van der Waals surface area contributed by atoms with Gasteiger partial charge in [-0.2, -0.15) is 0 Å². The smallest absolute Gasteiger partial charge is 0.161 e. The number of ether oxygens (including phenoxy) is 3. The largest absolute Gasteiger partial charge is 0.493 e. The van der Waals surface area contributed by atoms with E-state index >= 15 is 0 Å². The summed E-state index contributed by atoms with van der Waals surface area (Å²) in [6, 6.07) is 9.57. The first kappa shape index (κ1) is 18.5. The van der Waals surface area contributed by atoms with Gasteiger partial charge in [0.2, 0.25) is 0 Å². The highest BCUT2D eigenvalue weighted by Gasteiger charge is 2.06. The van der Waals surface area contributed by atoms with Gasteiger partial charge in [-0.25, -0.2) is 4.98 Å². The van der Waals surface area contributed by atoms with E-state index in [4.69, 9.17) is 25.8 Å².